The Balaban J connectivity index is 3.91. The highest BCUT2D eigenvalue weighted by molar-refractivity contribution is 4.73. The minimum atomic E-state index is -0.351. The minimum absolute atomic E-state index is 0.152. The van der Waals surface area contributed by atoms with Crippen LogP contribution in [-0.2, 0) is 0 Å². The first kappa shape index (κ1) is 23.8. The van der Waals surface area contributed by atoms with Crippen molar-refractivity contribution in [2.75, 3.05) is 13.2 Å². The van der Waals surface area contributed by atoms with Crippen LogP contribution in [0.15, 0.2) is 0 Å². The van der Waals surface area contributed by atoms with Gasteiger partial charge in [0.15, 0.2) is 0 Å². The number of hydrogen-bond acceptors (Lipinski definition) is 4. The predicted molar refractivity (Wildman–Crippen MR) is 99.9 cm³/mol. The van der Waals surface area contributed by atoms with Gasteiger partial charge in [0, 0.05) is 13.2 Å². The molecule has 4 N–H and O–H groups in total. The van der Waals surface area contributed by atoms with Gasteiger partial charge in [-0.15, -0.1) is 0 Å². The Morgan fingerprint density at radius 2 is 0.917 bits per heavy atom. The van der Waals surface area contributed by atoms with Gasteiger partial charge in [0.1, 0.15) is 0 Å². The maximum absolute atomic E-state index is 10.1. The Hall–Kier alpha value is -0.160. The summed E-state index contributed by atoms with van der Waals surface area (Å²) in [4.78, 5) is 0. The molecule has 0 bridgehead atoms. The van der Waals surface area contributed by atoms with E-state index in [1.165, 1.54) is 0 Å². The van der Waals surface area contributed by atoms with Crippen LogP contribution in [0.25, 0.3) is 0 Å². The lowest BCUT2D eigenvalue weighted by atomic mass is 9.81. The van der Waals surface area contributed by atoms with E-state index in [0.29, 0.717) is 12.8 Å². The molecule has 4 heteroatoms. The van der Waals surface area contributed by atoms with Crippen molar-refractivity contribution in [2.24, 2.45) is 10.8 Å². The molecule has 0 aromatic carbocycles. The second-order valence-electron chi connectivity index (χ2n) is 8.95. The van der Waals surface area contributed by atoms with E-state index >= 15 is 0 Å². The molecule has 0 aromatic heterocycles. The van der Waals surface area contributed by atoms with Crippen LogP contribution in [-0.4, -0.2) is 45.8 Å². The zero-order valence-corrected chi connectivity index (χ0v) is 16.4. The highest BCUT2D eigenvalue weighted by atomic mass is 16.3. The standard InChI is InChI=1S/C20H42O4/c1-19(2,11-5-15-21)13-9-17(23)7-8-18(24)10-14-20(3,4)12-6-16-22/h17-18,21-24H,5-16H2,1-4H3. The largest absolute Gasteiger partial charge is 0.396 e. The molecule has 2 unspecified atom stereocenters. The van der Waals surface area contributed by atoms with E-state index < -0.39 is 0 Å². The number of hydrogen-bond donors (Lipinski definition) is 4. The molecule has 0 fully saturated rings. The first-order valence-electron chi connectivity index (χ1n) is 9.70. The highest BCUT2D eigenvalue weighted by Gasteiger charge is 2.21. The number of aliphatic hydroxyl groups excluding tert-OH is 4. The Kier molecular flexibility index (Phi) is 12.2. The van der Waals surface area contributed by atoms with Gasteiger partial charge in [0.2, 0.25) is 0 Å². The van der Waals surface area contributed by atoms with Crippen molar-refractivity contribution in [3.8, 4) is 0 Å². The van der Waals surface area contributed by atoms with E-state index in [1.807, 2.05) is 0 Å². The molecule has 0 aliphatic carbocycles. The van der Waals surface area contributed by atoms with E-state index in [4.69, 9.17) is 10.2 Å². The molecule has 0 radical (unpaired) electrons. The average Bonchev–Trinajstić information content (AvgIpc) is 2.53. The summed E-state index contributed by atoms with van der Waals surface area (Å²) >= 11 is 0. The molecule has 0 aromatic rings. The Labute approximate surface area is 149 Å². The summed E-state index contributed by atoms with van der Waals surface area (Å²) in [6, 6.07) is 0. The summed E-state index contributed by atoms with van der Waals surface area (Å²) in [5, 5.41) is 38.1. The summed E-state index contributed by atoms with van der Waals surface area (Å²) in [6.45, 7) is 9.18. The van der Waals surface area contributed by atoms with Crippen molar-refractivity contribution in [2.45, 2.75) is 104 Å². The number of rotatable bonds is 15. The zero-order chi connectivity index (χ0) is 18.6. The predicted octanol–water partition coefficient (Wildman–Crippen LogP) is 3.65. The summed E-state index contributed by atoms with van der Waals surface area (Å²) < 4.78 is 0. The lowest BCUT2D eigenvalue weighted by Gasteiger charge is -2.27. The van der Waals surface area contributed by atoms with Crippen molar-refractivity contribution < 1.29 is 20.4 Å². The first-order chi connectivity index (χ1) is 11.1. The van der Waals surface area contributed by atoms with Gasteiger partial charge in [-0.25, -0.2) is 0 Å². The maximum atomic E-state index is 10.1. The van der Waals surface area contributed by atoms with E-state index in [-0.39, 0.29) is 36.3 Å². The zero-order valence-electron chi connectivity index (χ0n) is 16.4. The molecule has 0 amide bonds. The molecule has 0 rings (SSSR count). The van der Waals surface area contributed by atoms with Crippen molar-refractivity contribution >= 4 is 0 Å². The summed E-state index contributed by atoms with van der Waals surface area (Å²) in [5.74, 6) is 0. The smallest absolute Gasteiger partial charge is 0.0541 e. The van der Waals surface area contributed by atoms with Crippen molar-refractivity contribution in [3.05, 3.63) is 0 Å². The van der Waals surface area contributed by atoms with Gasteiger partial charge >= 0.3 is 0 Å². The molecule has 2 atom stereocenters. The van der Waals surface area contributed by atoms with Crippen molar-refractivity contribution in [1.82, 2.24) is 0 Å². The van der Waals surface area contributed by atoms with E-state index in [0.717, 1.165) is 51.4 Å². The molecular weight excluding hydrogens is 304 g/mol. The van der Waals surface area contributed by atoms with Gasteiger partial charge in [-0.1, -0.05) is 27.7 Å². The van der Waals surface area contributed by atoms with Crippen LogP contribution < -0.4 is 0 Å². The van der Waals surface area contributed by atoms with Gasteiger partial charge < -0.3 is 20.4 Å². The van der Waals surface area contributed by atoms with Crippen molar-refractivity contribution in [3.63, 3.8) is 0 Å². The monoisotopic (exact) mass is 346 g/mol. The first-order valence-corrected chi connectivity index (χ1v) is 9.70. The van der Waals surface area contributed by atoms with Crippen LogP contribution in [0, 0.1) is 10.8 Å². The molecule has 146 valence electrons. The Morgan fingerprint density at radius 1 is 0.583 bits per heavy atom. The van der Waals surface area contributed by atoms with Gasteiger partial charge in [0.05, 0.1) is 12.2 Å². The summed E-state index contributed by atoms with van der Waals surface area (Å²) in [5.41, 5.74) is 0.304. The third kappa shape index (κ3) is 13.2. The maximum Gasteiger partial charge on any atom is 0.0541 e. The number of aliphatic hydroxyl groups is 4. The van der Waals surface area contributed by atoms with E-state index in [2.05, 4.69) is 27.7 Å². The van der Waals surface area contributed by atoms with Crippen LogP contribution in [0.5, 0.6) is 0 Å². The summed E-state index contributed by atoms with van der Waals surface area (Å²) in [6.07, 6.45) is 7.57. The topological polar surface area (TPSA) is 80.9 Å². The normalized spacial score (nSPS) is 15.5. The molecule has 4 nitrogen and oxygen atoms in total. The van der Waals surface area contributed by atoms with E-state index in [9.17, 15) is 10.2 Å². The third-order valence-electron chi connectivity index (χ3n) is 5.17. The van der Waals surface area contributed by atoms with Crippen LogP contribution in [0.1, 0.15) is 91.9 Å². The molecule has 0 saturated heterocycles. The van der Waals surface area contributed by atoms with Gasteiger partial charge in [-0.2, -0.15) is 0 Å². The fourth-order valence-corrected chi connectivity index (χ4v) is 3.15. The third-order valence-corrected chi connectivity index (χ3v) is 5.17. The second kappa shape index (κ2) is 12.2. The second-order valence-corrected chi connectivity index (χ2v) is 8.95. The Bertz CT molecular complexity index is 272. The summed E-state index contributed by atoms with van der Waals surface area (Å²) in [7, 11) is 0. The lowest BCUT2D eigenvalue weighted by molar-refractivity contribution is 0.0852. The van der Waals surface area contributed by atoms with Crippen LogP contribution in [0.3, 0.4) is 0 Å². The average molecular weight is 347 g/mol. The minimum Gasteiger partial charge on any atom is -0.396 e. The molecule has 0 spiro atoms. The SMILES string of the molecule is CC(C)(CCCO)CCC(O)CCC(O)CCC(C)(C)CCCO. The molecule has 0 saturated carbocycles. The molecule has 24 heavy (non-hydrogen) atoms. The van der Waals surface area contributed by atoms with Crippen LogP contribution in [0.4, 0.5) is 0 Å². The van der Waals surface area contributed by atoms with Crippen molar-refractivity contribution in [1.29, 1.82) is 0 Å². The Morgan fingerprint density at radius 3 is 1.21 bits per heavy atom. The lowest BCUT2D eigenvalue weighted by Crippen LogP contribution is -2.20. The highest BCUT2D eigenvalue weighted by Crippen LogP contribution is 2.31. The van der Waals surface area contributed by atoms with Gasteiger partial charge in [0.25, 0.3) is 0 Å². The fraction of sp³-hybridized carbons (Fsp3) is 1.00. The van der Waals surface area contributed by atoms with Crippen LogP contribution >= 0.6 is 0 Å². The molecular formula is C20H42O4. The fourth-order valence-electron chi connectivity index (χ4n) is 3.15. The quantitative estimate of drug-likeness (QED) is 0.365. The molecule has 0 heterocycles. The molecule has 0 aliphatic rings. The van der Waals surface area contributed by atoms with E-state index in [1.54, 1.807) is 0 Å². The molecule has 0 aliphatic heterocycles. The van der Waals surface area contributed by atoms with Gasteiger partial charge in [-0.3, -0.25) is 0 Å². The van der Waals surface area contributed by atoms with Crippen LogP contribution in [0.2, 0.25) is 0 Å². The van der Waals surface area contributed by atoms with Gasteiger partial charge in [-0.05, 0) is 75.0 Å².